The fourth-order valence-corrected chi connectivity index (χ4v) is 2.31. The Labute approximate surface area is 126 Å². The minimum atomic E-state index is -0.173. The average molecular weight is 282 g/mol. The molecule has 21 heavy (non-hydrogen) atoms. The number of carbonyl (C=O) groups is 1. The van der Waals surface area contributed by atoms with E-state index in [-0.39, 0.29) is 11.3 Å². The summed E-state index contributed by atoms with van der Waals surface area (Å²) in [4.78, 5) is 12.5. The summed E-state index contributed by atoms with van der Waals surface area (Å²) in [5.41, 5.74) is 9.84. The van der Waals surface area contributed by atoms with Crippen LogP contribution >= 0.6 is 0 Å². The number of nitrogens with two attached hydrogens (primary N) is 1. The van der Waals surface area contributed by atoms with Gasteiger partial charge in [-0.15, -0.1) is 0 Å². The van der Waals surface area contributed by atoms with Gasteiger partial charge in [0.1, 0.15) is 0 Å². The third-order valence-electron chi connectivity index (χ3n) is 3.55. The van der Waals surface area contributed by atoms with Gasteiger partial charge >= 0.3 is 0 Å². The summed E-state index contributed by atoms with van der Waals surface area (Å²) in [7, 11) is 0. The third kappa shape index (κ3) is 3.24. The number of aryl methyl sites for hydroxylation is 1. The van der Waals surface area contributed by atoms with E-state index < -0.39 is 0 Å². The molecule has 0 spiro atoms. The van der Waals surface area contributed by atoms with Crippen LogP contribution in [0.1, 0.15) is 42.3 Å². The van der Waals surface area contributed by atoms with Crippen LogP contribution in [-0.4, -0.2) is 5.91 Å². The van der Waals surface area contributed by atoms with Gasteiger partial charge in [-0.1, -0.05) is 51.1 Å². The Balaban J connectivity index is 2.35. The van der Waals surface area contributed by atoms with Crippen molar-refractivity contribution in [1.82, 2.24) is 0 Å². The largest absolute Gasteiger partial charge is 0.398 e. The van der Waals surface area contributed by atoms with Crippen molar-refractivity contribution in [3.63, 3.8) is 0 Å². The van der Waals surface area contributed by atoms with E-state index in [0.29, 0.717) is 11.3 Å². The van der Waals surface area contributed by atoms with Crippen LogP contribution in [0.25, 0.3) is 0 Å². The molecule has 0 heterocycles. The highest BCUT2D eigenvalue weighted by Gasteiger charge is 2.19. The lowest BCUT2D eigenvalue weighted by atomic mass is 9.86. The van der Waals surface area contributed by atoms with Crippen molar-refractivity contribution in [1.29, 1.82) is 0 Å². The van der Waals surface area contributed by atoms with Crippen LogP contribution in [0.3, 0.4) is 0 Å². The molecule has 2 aromatic carbocycles. The first-order valence-corrected chi connectivity index (χ1v) is 7.06. The van der Waals surface area contributed by atoms with Crippen molar-refractivity contribution in [2.24, 2.45) is 0 Å². The van der Waals surface area contributed by atoms with Crippen LogP contribution < -0.4 is 11.1 Å². The van der Waals surface area contributed by atoms with Crippen molar-refractivity contribution in [2.75, 3.05) is 11.1 Å². The second-order valence-electron chi connectivity index (χ2n) is 6.29. The maximum atomic E-state index is 12.5. The molecule has 2 aromatic rings. The molecule has 0 aliphatic rings. The van der Waals surface area contributed by atoms with E-state index in [0.717, 1.165) is 16.8 Å². The van der Waals surface area contributed by atoms with Crippen molar-refractivity contribution in [2.45, 2.75) is 33.1 Å². The smallest absolute Gasteiger partial charge is 0.257 e. The minimum absolute atomic E-state index is 0.0397. The van der Waals surface area contributed by atoms with Gasteiger partial charge in [0.15, 0.2) is 0 Å². The van der Waals surface area contributed by atoms with Gasteiger partial charge in [-0.2, -0.15) is 0 Å². The molecule has 110 valence electrons. The van der Waals surface area contributed by atoms with E-state index in [2.05, 4.69) is 26.1 Å². The monoisotopic (exact) mass is 282 g/mol. The molecule has 0 atom stereocenters. The van der Waals surface area contributed by atoms with Crippen molar-refractivity contribution in [3.05, 3.63) is 59.2 Å². The van der Waals surface area contributed by atoms with Crippen molar-refractivity contribution < 1.29 is 4.79 Å². The second-order valence-corrected chi connectivity index (χ2v) is 6.29. The number of benzene rings is 2. The predicted octanol–water partition coefficient (Wildman–Crippen LogP) is 4.13. The van der Waals surface area contributed by atoms with Crippen LogP contribution in [0.2, 0.25) is 0 Å². The fraction of sp³-hybridized carbons (Fsp3) is 0.278. The predicted molar refractivity (Wildman–Crippen MR) is 88.7 cm³/mol. The van der Waals surface area contributed by atoms with Crippen LogP contribution in [0, 0.1) is 6.92 Å². The number of para-hydroxylation sites is 2. The minimum Gasteiger partial charge on any atom is -0.398 e. The zero-order valence-corrected chi connectivity index (χ0v) is 13.0. The maximum Gasteiger partial charge on any atom is 0.257 e. The van der Waals surface area contributed by atoms with Gasteiger partial charge in [-0.05, 0) is 35.6 Å². The fourth-order valence-electron chi connectivity index (χ4n) is 2.31. The van der Waals surface area contributed by atoms with E-state index in [1.165, 1.54) is 0 Å². The van der Waals surface area contributed by atoms with Gasteiger partial charge in [0.2, 0.25) is 0 Å². The number of hydrogen-bond donors (Lipinski definition) is 2. The van der Waals surface area contributed by atoms with Gasteiger partial charge < -0.3 is 11.1 Å². The molecule has 3 nitrogen and oxygen atoms in total. The Morgan fingerprint density at radius 1 is 1.05 bits per heavy atom. The number of hydrogen-bond acceptors (Lipinski definition) is 2. The third-order valence-corrected chi connectivity index (χ3v) is 3.55. The number of carbonyl (C=O) groups excluding carboxylic acids is 1. The summed E-state index contributed by atoms with van der Waals surface area (Å²) in [6.07, 6.45) is 0. The Hall–Kier alpha value is -2.29. The van der Waals surface area contributed by atoms with E-state index in [1.54, 1.807) is 6.07 Å². The normalized spacial score (nSPS) is 11.2. The lowest BCUT2D eigenvalue weighted by molar-refractivity contribution is 0.102. The van der Waals surface area contributed by atoms with Crippen LogP contribution in [0.5, 0.6) is 0 Å². The zero-order chi connectivity index (χ0) is 15.6. The van der Waals surface area contributed by atoms with Gasteiger partial charge in [-0.3, -0.25) is 4.79 Å². The number of rotatable bonds is 2. The maximum absolute atomic E-state index is 12.5. The van der Waals surface area contributed by atoms with E-state index in [9.17, 15) is 4.79 Å². The molecule has 0 saturated carbocycles. The van der Waals surface area contributed by atoms with Crippen LogP contribution in [0.4, 0.5) is 11.4 Å². The first-order chi connectivity index (χ1) is 9.80. The molecule has 0 bridgehead atoms. The summed E-state index contributed by atoms with van der Waals surface area (Å²) >= 11 is 0. The Morgan fingerprint density at radius 2 is 1.71 bits per heavy atom. The molecule has 1 amide bonds. The summed E-state index contributed by atoms with van der Waals surface area (Å²) < 4.78 is 0. The Bertz CT molecular complexity index is 669. The van der Waals surface area contributed by atoms with Crippen LogP contribution in [-0.2, 0) is 5.41 Å². The van der Waals surface area contributed by atoms with Crippen molar-refractivity contribution >= 4 is 17.3 Å². The van der Waals surface area contributed by atoms with Gasteiger partial charge in [0.25, 0.3) is 5.91 Å². The molecule has 0 radical (unpaired) electrons. The average Bonchev–Trinajstić information content (AvgIpc) is 2.41. The molecular weight excluding hydrogens is 260 g/mol. The van der Waals surface area contributed by atoms with Crippen LogP contribution in [0.15, 0.2) is 42.5 Å². The van der Waals surface area contributed by atoms with Gasteiger partial charge in [-0.25, -0.2) is 0 Å². The highest BCUT2D eigenvalue weighted by molar-refractivity contribution is 6.08. The highest BCUT2D eigenvalue weighted by Crippen LogP contribution is 2.30. The number of nitrogens with one attached hydrogen (secondary N) is 1. The molecule has 0 aliphatic heterocycles. The van der Waals surface area contributed by atoms with E-state index >= 15 is 0 Å². The zero-order valence-electron chi connectivity index (χ0n) is 13.0. The second kappa shape index (κ2) is 5.60. The Kier molecular flexibility index (Phi) is 4.03. The summed E-state index contributed by atoms with van der Waals surface area (Å²) in [5, 5.41) is 2.98. The molecule has 0 aliphatic carbocycles. The number of anilines is 2. The standard InChI is InChI=1S/C18H22N2O/c1-12-8-7-9-13(16(12)19)17(21)20-15-11-6-5-10-14(15)18(2,3)4/h5-11H,19H2,1-4H3,(H,20,21). The van der Waals surface area contributed by atoms with E-state index in [1.807, 2.05) is 43.3 Å². The first kappa shape index (κ1) is 15.1. The molecule has 3 heteroatoms. The summed E-state index contributed by atoms with van der Waals surface area (Å²) in [6, 6.07) is 13.4. The highest BCUT2D eigenvalue weighted by atomic mass is 16.1. The number of nitrogen functional groups attached to an aromatic ring is 1. The van der Waals surface area contributed by atoms with Crippen molar-refractivity contribution in [3.8, 4) is 0 Å². The molecular formula is C18H22N2O. The molecule has 0 fully saturated rings. The topological polar surface area (TPSA) is 55.1 Å². The van der Waals surface area contributed by atoms with E-state index in [4.69, 9.17) is 5.73 Å². The molecule has 0 unspecified atom stereocenters. The molecule has 3 N–H and O–H groups in total. The number of amides is 1. The van der Waals surface area contributed by atoms with Gasteiger partial charge in [0, 0.05) is 11.4 Å². The summed E-state index contributed by atoms with van der Waals surface area (Å²) in [6.45, 7) is 8.27. The van der Waals surface area contributed by atoms with Gasteiger partial charge in [0.05, 0.1) is 5.56 Å². The molecule has 0 saturated heterocycles. The Morgan fingerprint density at radius 3 is 2.38 bits per heavy atom. The lowest BCUT2D eigenvalue weighted by Gasteiger charge is -2.23. The summed E-state index contributed by atoms with van der Waals surface area (Å²) in [5.74, 6) is -0.173. The first-order valence-electron chi connectivity index (χ1n) is 7.06. The quantitative estimate of drug-likeness (QED) is 0.814. The molecule has 0 aromatic heterocycles. The SMILES string of the molecule is Cc1cccc(C(=O)Nc2ccccc2C(C)(C)C)c1N. The lowest BCUT2D eigenvalue weighted by Crippen LogP contribution is -2.19. The molecule has 2 rings (SSSR count).